The van der Waals surface area contributed by atoms with Crippen LogP contribution in [0.4, 0.5) is 4.39 Å². The molecule has 2 heterocycles. The van der Waals surface area contributed by atoms with Crippen LogP contribution < -0.4 is 18.1 Å². The van der Waals surface area contributed by atoms with Gasteiger partial charge in [0.05, 0.1) is 6.04 Å². The number of rotatable bonds is 6. The molecule has 0 saturated carbocycles. The fourth-order valence-corrected chi connectivity index (χ4v) is 3.50. The predicted octanol–water partition coefficient (Wildman–Crippen LogP) is 1.23. The number of fused-ring (bicyclic) bond motifs is 1. The number of H-pyrrole nitrogens is 1. The largest absolute Gasteiger partial charge is 1.00 e. The van der Waals surface area contributed by atoms with Crippen LogP contribution in [-0.2, 0) is 12.2 Å². The molecule has 0 amide bonds. The molecule has 2 aromatic heterocycles. The Morgan fingerprint density at radius 1 is 1.11 bits per heavy atom. The van der Waals surface area contributed by atoms with E-state index < -0.39 is 0 Å². The van der Waals surface area contributed by atoms with Crippen molar-refractivity contribution in [3.63, 3.8) is 0 Å². The summed E-state index contributed by atoms with van der Waals surface area (Å²) in [6.45, 7) is 0. The second-order valence-corrected chi connectivity index (χ2v) is 6.92. The van der Waals surface area contributed by atoms with Gasteiger partial charge in [0.1, 0.15) is 5.82 Å². The lowest BCUT2D eigenvalue weighted by atomic mass is 10.1. The van der Waals surface area contributed by atoms with Crippen LogP contribution in [0.5, 0.6) is 0 Å². The number of nitrogens with two attached hydrogens (primary N) is 1. The molecule has 0 saturated heterocycles. The third-order valence-electron chi connectivity index (χ3n) is 4.13. The van der Waals surface area contributed by atoms with Crippen LogP contribution in [-0.4, -0.2) is 15.2 Å². The first kappa shape index (κ1) is 19.4. The summed E-state index contributed by atoms with van der Waals surface area (Å²) < 4.78 is 18.6. The lowest BCUT2D eigenvalue weighted by molar-refractivity contribution is -0.00000651. The van der Waals surface area contributed by atoms with Crippen molar-refractivity contribution in [1.82, 2.24) is 15.2 Å². The normalized spacial score (nSPS) is 12.1. The second-order valence-electron chi connectivity index (χ2n) is 5.99. The summed E-state index contributed by atoms with van der Waals surface area (Å²) in [6, 6.07) is 14.1. The average Bonchev–Trinajstić information content (AvgIpc) is 3.29. The summed E-state index contributed by atoms with van der Waals surface area (Å²) >= 11 is 1.40. The van der Waals surface area contributed by atoms with Gasteiger partial charge in [0.25, 0.3) is 5.22 Å². The van der Waals surface area contributed by atoms with Gasteiger partial charge in [0.2, 0.25) is 5.89 Å². The quantitative estimate of drug-likeness (QED) is 0.473. The highest BCUT2D eigenvalue weighted by atomic mass is 35.5. The molecule has 0 radical (unpaired) electrons. The third-order valence-corrected chi connectivity index (χ3v) is 5.02. The Kier molecular flexibility index (Phi) is 6.15. The monoisotopic (exact) mass is 403 g/mol. The van der Waals surface area contributed by atoms with Crippen molar-refractivity contribution in [2.45, 2.75) is 23.4 Å². The summed E-state index contributed by atoms with van der Waals surface area (Å²) in [6.07, 6.45) is 2.57. The number of aromatic nitrogens is 3. The molecule has 2 aromatic carbocycles. The van der Waals surface area contributed by atoms with E-state index in [0.29, 0.717) is 23.3 Å². The van der Waals surface area contributed by atoms with Gasteiger partial charge in [0, 0.05) is 22.9 Å². The Labute approximate surface area is 166 Å². The molecule has 8 heteroatoms. The van der Waals surface area contributed by atoms with Crippen LogP contribution in [0, 0.1) is 5.82 Å². The van der Waals surface area contributed by atoms with E-state index in [4.69, 9.17) is 10.2 Å². The van der Waals surface area contributed by atoms with Gasteiger partial charge in [-0.2, -0.15) is 0 Å². The maximum Gasteiger partial charge on any atom is 0.276 e. The van der Waals surface area contributed by atoms with Crippen molar-refractivity contribution >= 4 is 22.7 Å². The molecular formula is C19H17ClFN4OS-. The maximum atomic E-state index is 12.9. The molecule has 0 aliphatic heterocycles. The SMILES string of the molecule is N[C@@H](Cc1c[nH]c2ccccc12)c1nnc(SCc2ccc(F)cc2)o1.[Cl-]. The van der Waals surface area contributed by atoms with E-state index in [2.05, 4.69) is 21.2 Å². The van der Waals surface area contributed by atoms with Crippen molar-refractivity contribution in [3.8, 4) is 0 Å². The van der Waals surface area contributed by atoms with Crippen LogP contribution in [0.3, 0.4) is 0 Å². The van der Waals surface area contributed by atoms with E-state index in [1.807, 2.05) is 24.4 Å². The fourth-order valence-electron chi connectivity index (χ4n) is 2.78. The van der Waals surface area contributed by atoms with Gasteiger partial charge >= 0.3 is 0 Å². The zero-order valence-electron chi connectivity index (χ0n) is 14.2. The van der Waals surface area contributed by atoms with Gasteiger partial charge in [-0.1, -0.05) is 42.1 Å². The van der Waals surface area contributed by atoms with Gasteiger partial charge in [-0.3, -0.25) is 0 Å². The van der Waals surface area contributed by atoms with E-state index in [-0.39, 0.29) is 24.3 Å². The number of nitrogens with zero attached hydrogens (tertiary/aromatic N) is 2. The molecule has 4 rings (SSSR count). The molecule has 0 unspecified atom stereocenters. The molecule has 0 spiro atoms. The number of hydrogen-bond acceptors (Lipinski definition) is 5. The van der Waals surface area contributed by atoms with Gasteiger partial charge in [-0.05, 0) is 35.7 Å². The molecule has 1 atom stereocenters. The Morgan fingerprint density at radius 2 is 1.89 bits per heavy atom. The summed E-state index contributed by atoms with van der Waals surface area (Å²) in [7, 11) is 0. The van der Waals surface area contributed by atoms with E-state index in [9.17, 15) is 4.39 Å². The molecule has 27 heavy (non-hydrogen) atoms. The van der Waals surface area contributed by atoms with Crippen LogP contribution >= 0.6 is 11.8 Å². The van der Waals surface area contributed by atoms with Crippen LogP contribution in [0.25, 0.3) is 10.9 Å². The van der Waals surface area contributed by atoms with Crippen LogP contribution in [0.15, 0.2) is 64.4 Å². The Balaban J connectivity index is 0.00000210. The maximum absolute atomic E-state index is 12.9. The number of hydrogen-bond donors (Lipinski definition) is 2. The minimum atomic E-state index is -0.373. The predicted molar refractivity (Wildman–Crippen MR) is 99.2 cm³/mol. The van der Waals surface area contributed by atoms with Crippen molar-refractivity contribution in [2.24, 2.45) is 5.73 Å². The number of nitrogens with one attached hydrogen (secondary N) is 1. The van der Waals surface area contributed by atoms with Gasteiger partial charge in [-0.15, -0.1) is 10.2 Å². The first-order valence-corrected chi connectivity index (χ1v) is 9.19. The number of para-hydroxylation sites is 1. The summed E-state index contributed by atoms with van der Waals surface area (Å²) in [4.78, 5) is 3.24. The van der Waals surface area contributed by atoms with Crippen molar-refractivity contribution in [2.75, 3.05) is 0 Å². The highest BCUT2D eigenvalue weighted by Crippen LogP contribution is 2.26. The Hall–Kier alpha value is -2.35. The van der Waals surface area contributed by atoms with E-state index in [0.717, 1.165) is 22.0 Å². The molecule has 140 valence electrons. The van der Waals surface area contributed by atoms with Crippen LogP contribution in [0.2, 0.25) is 0 Å². The third kappa shape index (κ3) is 4.50. The number of halogens is 2. The second kappa shape index (κ2) is 8.56. The van der Waals surface area contributed by atoms with Crippen molar-refractivity contribution in [3.05, 3.63) is 77.6 Å². The average molecular weight is 404 g/mol. The topological polar surface area (TPSA) is 80.7 Å². The van der Waals surface area contributed by atoms with Gasteiger partial charge < -0.3 is 27.5 Å². The lowest BCUT2D eigenvalue weighted by Gasteiger charge is -2.05. The summed E-state index contributed by atoms with van der Waals surface area (Å²) in [5.41, 5.74) is 9.44. The molecule has 0 aliphatic carbocycles. The molecular weight excluding hydrogens is 387 g/mol. The Bertz CT molecular complexity index is 1020. The number of thioether (sulfide) groups is 1. The first-order valence-electron chi connectivity index (χ1n) is 8.20. The van der Waals surface area contributed by atoms with E-state index in [1.54, 1.807) is 12.1 Å². The highest BCUT2D eigenvalue weighted by molar-refractivity contribution is 7.98. The van der Waals surface area contributed by atoms with Crippen molar-refractivity contribution < 1.29 is 21.2 Å². The standard InChI is InChI=1S/C19H17FN4OS.ClH/c20-14-7-5-12(6-8-14)11-26-19-24-23-18(25-19)16(21)9-13-10-22-17-4-2-1-3-15(13)17;/h1-8,10,16,22H,9,11,21H2;1H/p-1/t16-;/m0./s1. The zero-order valence-corrected chi connectivity index (χ0v) is 15.8. The van der Waals surface area contributed by atoms with Crippen LogP contribution in [0.1, 0.15) is 23.1 Å². The summed E-state index contributed by atoms with van der Waals surface area (Å²) in [5.74, 6) is 0.790. The Morgan fingerprint density at radius 3 is 2.70 bits per heavy atom. The van der Waals surface area contributed by atoms with E-state index in [1.165, 1.54) is 23.9 Å². The molecule has 4 aromatic rings. The molecule has 0 fully saturated rings. The minimum Gasteiger partial charge on any atom is -1.00 e. The van der Waals surface area contributed by atoms with Gasteiger partial charge in [0.15, 0.2) is 0 Å². The fraction of sp³-hybridized carbons (Fsp3) is 0.158. The van der Waals surface area contributed by atoms with Gasteiger partial charge in [-0.25, -0.2) is 4.39 Å². The smallest absolute Gasteiger partial charge is 0.276 e. The first-order chi connectivity index (χ1) is 12.7. The molecule has 3 N–H and O–H groups in total. The molecule has 0 aliphatic rings. The minimum absolute atomic E-state index is 0. The zero-order chi connectivity index (χ0) is 17.9. The summed E-state index contributed by atoms with van der Waals surface area (Å²) in [5, 5.41) is 9.72. The number of benzene rings is 2. The van der Waals surface area contributed by atoms with Crippen molar-refractivity contribution in [1.29, 1.82) is 0 Å². The van der Waals surface area contributed by atoms with E-state index >= 15 is 0 Å². The molecule has 5 nitrogen and oxygen atoms in total. The highest BCUT2D eigenvalue weighted by Gasteiger charge is 2.17. The molecule has 0 bridgehead atoms. The lowest BCUT2D eigenvalue weighted by Crippen LogP contribution is -3.00. The number of aromatic amines is 1.